The van der Waals surface area contributed by atoms with E-state index in [2.05, 4.69) is 5.32 Å². The predicted molar refractivity (Wildman–Crippen MR) is 48.4 cm³/mol. The topological polar surface area (TPSA) is 44.4 Å². The molecule has 1 amide bonds. The summed E-state index contributed by atoms with van der Waals surface area (Å²) in [4.78, 5) is 13.1. The first kappa shape index (κ1) is 12.3. The van der Waals surface area contributed by atoms with Gasteiger partial charge in [-0.25, -0.2) is 0 Å². The summed E-state index contributed by atoms with van der Waals surface area (Å²) in [6.07, 6.45) is -4.35. The normalized spacial score (nSPS) is 23.9. The summed E-state index contributed by atoms with van der Waals surface area (Å²) < 4.78 is 35.5. The number of rotatable bonds is 2. The lowest BCUT2D eigenvalue weighted by atomic mass is 10.2. The van der Waals surface area contributed by atoms with Gasteiger partial charge in [0.1, 0.15) is 12.6 Å². The van der Waals surface area contributed by atoms with Crippen molar-refractivity contribution in [2.75, 3.05) is 33.2 Å². The van der Waals surface area contributed by atoms with E-state index >= 15 is 0 Å². The number of carbonyl (C=O) groups is 1. The lowest BCUT2D eigenvalue weighted by Crippen LogP contribution is -2.57. The standard InChI is InChI=1S/C8H14F3N3O/c1-14-3-2-12-4-6(14)7(15)13-5-8(9,10)11/h6,12H,2-5H2,1H3,(H,13,15). The van der Waals surface area contributed by atoms with Crippen molar-refractivity contribution < 1.29 is 18.0 Å². The molecule has 1 aliphatic heterocycles. The molecule has 0 saturated carbocycles. The van der Waals surface area contributed by atoms with E-state index in [-0.39, 0.29) is 0 Å². The molecule has 0 aromatic heterocycles. The maximum atomic E-state index is 11.8. The van der Waals surface area contributed by atoms with Crippen molar-refractivity contribution in [3.05, 3.63) is 0 Å². The monoisotopic (exact) mass is 225 g/mol. The summed E-state index contributed by atoms with van der Waals surface area (Å²) in [7, 11) is 1.72. The quantitative estimate of drug-likeness (QED) is 0.670. The number of halogens is 3. The van der Waals surface area contributed by atoms with Crippen molar-refractivity contribution in [1.29, 1.82) is 0 Å². The highest BCUT2D eigenvalue weighted by molar-refractivity contribution is 5.82. The van der Waals surface area contributed by atoms with Crippen molar-refractivity contribution in [2.24, 2.45) is 0 Å². The number of amides is 1. The smallest absolute Gasteiger partial charge is 0.346 e. The van der Waals surface area contributed by atoms with Crippen LogP contribution in [0.5, 0.6) is 0 Å². The van der Waals surface area contributed by atoms with Crippen LogP contribution in [0, 0.1) is 0 Å². The number of hydrogen-bond acceptors (Lipinski definition) is 3. The van der Waals surface area contributed by atoms with E-state index in [1.807, 2.05) is 5.32 Å². The molecule has 1 saturated heterocycles. The molecule has 1 atom stereocenters. The Balaban J connectivity index is 2.39. The lowest BCUT2D eigenvalue weighted by Gasteiger charge is -2.31. The Morgan fingerprint density at radius 3 is 2.80 bits per heavy atom. The molecule has 0 aliphatic carbocycles. The molecule has 0 bridgehead atoms. The van der Waals surface area contributed by atoms with Crippen LogP contribution in [0.15, 0.2) is 0 Å². The van der Waals surface area contributed by atoms with Crippen molar-refractivity contribution in [3.8, 4) is 0 Å². The van der Waals surface area contributed by atoms with Gasteiger partial charge < -0.3 is 10.6 Å². The van der Waals surface area contributed by atoms with Crippen LogP contribution in [0.25, 0.3) is 0 Å². The second kappa shape index (κ2) is 4.80. The summed E-state index contributed by atoms with van der Waals surface area (Å²) in [6, 6.07) is -0.513. The van der Waals surface area contributed by atoms with Crippen molar-refractivity contribution in [1.82, 2.24) is 15.5 Å². The molecule has 1 fully saturated rings. The van der Waals surface area contributed by atoms with E-state index in [1.165, 1.54) is 0 Å². The first-order valence-electron chi connectivity index (χ1n) is 4.65. The molecular formula is C8H14F3N3O. The largest absolute Gasteiger partial charge is 0.405 e. The van der Waals surface area contributed by atoms with Gasteiger partial charge >= 0.3 is 6.18 Å². The zero-order chi connectivity index (χ0) is 11.5. The molecule has 15 heavy (non-hydrogen) atoms. The number of nitrogens with one attached hydrogen (secondary N) is 2. The Kier molecular flexibility index (Phi) is 3.92. The Morgan fingerprint density at radius 1 is 1.60 bits per heavy atom. The third kappa shape index (κ3) is 4.05. The van der Waals surface area contributed by atoms with Gasteiger partial charge in [-0.15, -0.1) is 0 Å². The average molecular weight is 225 g/mol. The van der Waals surface area contributed by atoms with Gasteiger partial charge in [-0.2, -0.15) is 13.2 Å². The lowest BCUT2D eigenvalue weighted by molar-refractivity contribution is -0.141. The minimum absolute atomic E-state index is 0.389. The van der Waals surface area contributed by atoms with E-state index in [0.29, 0.717) is 13.1 Å². The van der Waals surface area contributed by atoms with Gasteiger partial charge in [-0.1, -0.05) is 0 Å². The zero-order valence-electron chi connectivity index (χ0n) is 8.40. The SMILES string of the molecule is CN1CCNCC1C(=O)NCC(F)(F)F. The van der Waals surface area contributed by atoms with Gasteiger partial charge in [-0.05, 0) is 7.05 Å². The Hall–Kier alpha value is -0.820. The summed E-state index contributed by atoms with van der Waals surface area (Å²) in [6.45, 7) is 0.528. The minimum atomic E-state index is -4.35. The van der Waals surface area contributed by atoms with Crippen LogP contribution in [0.3, 0.4) is 0 Å². The van der Waals surface area contributed by atoms with Gasteiger partial charge in [0.2, 0.25) is 5.91 Å². The second-order valence-corrected chi connectivity index (χ2v) is 3.53. The van der Waals surface area contributed by atoms with E-state index in [4.69, 9.17) is 0 Å². The Labute approximate surface area is 85.8 Å². The summed E-state index contributed by atoms with van der Waals surface area (Å²) in [5.74, 6) is -0.581. The van der Waals surface area contributed by atoms with E-state index in [0.717, 1.165) is 6.54 Å². The van der Waals surface area contributed by atoms with Crippen LogP contribution in [0.2, 0.25) is 0 Å². The molecule has 0 radical (unpaired) electrons. The molecule has 1 unspecified atom stereocenters. The molecule has 88 valence electrons. The van der Waals surface area contributed by atoms with Gasteiger partial charge in [-0.3, -0.25) is 9.69 Å². The van der Waals surface area contributed by atoms with Crippen LogP contribution >= 0.6 is 0 Å². The predicted octanol–water partition coefficient (Wildman–Crippen LogP) is -0.432. The average Bonchev–Trinajstić information content (AvgIpc) is 2.14. The molecule has 1 heterocycles. The van der Waals surface area contributed by atoms with Crippen LogP contribution in [0.1, 0.15) is 0 Å². The van der Waals surface area contributed by atoms with Gasteiger partial charge in [0.25, 0.3) is 0 Å². The summed E-state index contributed by atoms with van der Waals surface area (Å²) in [5.41, 5.74) is 0. The fourth-order valence-electron chi connectivity index (χ4n) is 1.40. The fraction of sp³-hybridized carbons (Fsp3) is 0.875. The molecule has 0 aromatic rings. The highest BCUT2D eigenvalue weighted by atomic mass is 19.4. The van der Waals surface area contributed by atoms with Crippen LogP contribution in [0.4, 0.5) is 13.2 Å². The van der Waals surface area contributed by atoms with Gasteiger partial charge in [0, 0.05) is 19.6 Å². The van der Waals surface area contributed by atoms with Crippen LogP contribution < -0.4 is 10.6 Å². The molecule has 0 spiro atoms. The van der Waals surface area contributed by atoms with Crippen molar-refractivity contribution in [3.63, 3.8) is 0 Å². The van der Waals surface area contributed by atoms with Crippen molar-refractivity contribution >= 4 is 5.91 Å². The van der Waals surface area contributed by atoms with Gasteiger partial charge in [0.15, 0.2) is 0 Å². The third-order valence-electron chi connectivity index (χ3n) is 2.28. The Bertz CT molecular complexity index is 232. The maximum Gasteiger partial charge on any atom is 0.405 e. The number of piperazine rings is 1. The van der Waals surface area contributed by atoms with Crippen LogP contribution in [-0.2, 0) is 4.79 Å². The Morgan fingerprint density at radius 2 is 2.27 bits per heavy atom. The molecule has 7 heteroatoms. The first-order chi connectivity index (χ1) is 6.90. The molecule has 2 N–H and O–H groups in total. The van der Waals surface area contributed by atoms with E-state index in [1.54, 1.807) is 11.9 Å². The second-order valence-electron chi connectivity index (χ2n) is 3.53. The van der Waals surface area contributed by atoms with Crippen LogP contribution in [-0.4, -0.2) is 56.3 Å². The van der Waals surface area contributed by atoms with E-state index < -0.39 is 24.7 Å². The zero-order valence-corrected chi connectivity index (χ0v) is 8.40. The number of likely N-dealkylation sites (N-methyl/N-ethyl adjacent to an activating group) is 1. The number of carbonyl (C=O) groups excluding carboxylic acids is 1. The third-order valence-corrected chi connectivity index (χ3v) is 2.28. The molecule has 1 rings (SSSR count). The first-order valence-corrected chi connectivity index (χ1v) is 4.65. The number of nitrogens with zero attached hydrogens (tertiary/aromatic N) is 1. The summed E-state index contributed by atoms with van der Waals surface area (Å²) >= 11 is 0. The van der Waals surface area contributed by atoms with Gasteiger partial charge in [0.05, 0.1) is 0 Å². The molecular weight excluding hydrogens is 211 g/mol. The highest BCUT2D eigenvalue weighted by Crippen LogP contribution is 2.12. The van der Waals surface area contributed by atoms with E-state index in [9.17, 15) is 18.0 Å². The number of alkyl halides is 3. The number of hydrogen-bond donors (Lipinski definition) is 2. The summed E-state index contributed by atoms with van der Waals surface area (Å²) in [5, 5.41) is 4.84. The molecule has 0 aromatic carbocycles. The molecule has 1 aliphatic rings. The fourth-order valence-corrected chi connectivity index (χ4v) is 1.40. The minimum Gasteiger partial charge on any atom is -0.346 e. The highest BCUT2D eigenvalue weighted by Gasteiger charge is 2.31. The van der Waals surface area contributed by atoms with Crippen molar-refractivity contribution in [2.45, 2.75) is 12.2 Å². The molecule has 4 nitrogen and oxygen atoms in total. The maximum absolute atomic E-state index is 11.8.